The Balaban J connectivity index is 1.70. The minimum atomic E-state index is 0.641. The Labute approximate surface area is 157 Å². The van der Waals surface area contributed by atoms with E-state index in [0.29, 0.717) is 37.9 Å². The maximum Gasteiger partial charge on any atom is 0.158 e. The molecule has 2 aromatic heterocycles. The predicted octanol–water partition coefficient (Wildman–Crippen LogP) is 1.96. The Morgan fingerprint density at radius 3 is 2.00 bits per heavy atom. The van der Waals surface area contributed by atoms with E-state index in [4.69, 9.17) is 25.2 Å². The molecule has 7 nitrogen and oxygen atoms in total. The summed E-state index contributed by atoms with van der Waals surface area (Å²) in [7, 11) is 0. The van der Waals surface area contributed by atoms with E-state index in [9.17, 15) is 0 Å². The van der Waals surface area contributed by atoms with Gasteiger partial charge in [0.2, 0.25) is 0 Å². The number of aromatic nitrogens is 2. The minimum absolute atomic E-state index is 0.641. The third-order valence-corrected chi connectivity index (χ3v) is 5.32. The molecule has 26 heavy (non-hydrogen) atoms. The first-order valence-electron chi connectivity index (χ1n) is 8.86. The zero-order chi connectivity index (χ0) is 17.8. The van der Waals surface area contributed by atoms with Crippen LogP contribution in [-0.2, 0) is 9.47 Å². The van der Waals surface area contributed by atoms with Crippen molar-refractivity contribution >= 4 is 40.8 Å². The second-order valence-corrected chi connectivity index (χ2v) is 7.17. The van der Waals surface area contributed by atoms with Crippen LogP contribution in [0, 0.1) is 0 Å². The van der Waals surface area contributed by atoms with Crippen LogP contribution in [0.1, 0.15) is 10.7 Å². The summed E-state index contributed by atoms with van der Waals surface area (Å²) in [5, 5.41) is 2.06. The summed E-state index contributed by atoms with van der Waals surface area (Å²) in [5.41, 5.74) is 7.13. The first-order chi connectivity index (χ1) is 12.8. The number of anilines is 3. The molecule has 2 aliphatic rings. The van der Waals surface area contributed by atoms with Crippen molar-refractivity contribution < 1.29 is 9.47 Å². The molecular weight excluding hydrogens is 350 g/mol. The van der Waals surface area contributed by atoms with E-state index in [1.54, 1.807) is 11.3 Å². The number of nitrogen functional groups attached to an aromatic ring is 1. The Bertz CT molecular complexity index is 714. The highest BCUT2D eigenvalue weighted by molar-refractivity contribution is 7.10. The molecule has 0 unspecified atom stereocenters. The Kier molecular flexibility index (Phi) is 5.33. The molecule has 2 aromatic rings. The Hall–Kier alpha value is -2.16. The van der Waals surface area contributed by atoms with E-state index >= 15 is 0 Å². The lowest BCUT2D eigenvalue weighted by molar-refractivity contribution is 0.122. The molecule has 2 saturated heterocycles. The summed E-state index contributed by atoms with van der Waals surface area (Å²) in [4.78, 5) is 15.0. The largest absolute Gasteiger partial charge is 0.393 e. The van der Waals surface area contributed by atoms with Gasteiger partial charge in [0.15, 0.2) is 17.5 Å². The summed E-state index contributed by atoms with van der Waals surface area (Å²) in [6.07, 6.45) is 4.00. The second-order valence-electron chi connectivity index (χ2n) is 6.19. The van der Waals surface area contributed by atoms with Gasteiger partial charge in [0.1, 0.15) is 5.69 Å². The van der Waals surface area contributed by atoms with Crippen molar-refractivity contribution in [1.82, 2.24) is 9.97 Å². The van der Waals surface area contributed by atoms with Gasteiger partial charge in [-0.2, -0.15) is 0 Å². The molecule has 0 aromatic carbocycles. The van der Waals surface area contributed by atoms with Crippen LogP contribution in [0.25, 0.3) is 12.2 Å². The van der Waals surface area contributed by atoms with Crippen LogP contribution in [0.15, 0.2) is 17.5 Å². The third-order valence-electron chi connectivity index (χ3n) is 4.48. The van der Waals surface area contributed by atoms with Crippen molar-refractivity contribution in [3.05, 3.63) is 28.2 Å². The topological polar surface area (TPSA) is 76.7 Å². The van der Waals surface area contributed by atoms with Gasteiger partial charge >= 0.3 is 0 Å². The highest BCUT2D eigenvalue weighted by Gasteiger charge is 2.23. The van der Waals surface area contributed by atoms with Crippen molar-refractivity contribution in [2.24, 2.45) is 0 Å². The zero-order valence-electron chi connectivity index (χ0n) is 14.6. The molecule has 4 heterocycles. The van der Waals surface area contributed by atoms with E-state index < -0.39 is 0 Å². The Morgan fingerprint density at radius 1 is 0.923 bits per heavy atom. The summed E-state index contributed by atoms with van der Waals surface area (Å²) < 4.78 is 10.9. The lowest BCUT2D eigenvalue weighted by atomic mass is 10.3. The maximum absolute atomic E-state index is 6.49. The van der Waals surface area contributed by atoms with Gasteiger partial charge < -0.3 is 25.0 Å². The van der Waals surface area contributed by atoms with Crippen molar-refractivity contribution in [3.8, 4) is 0 Å². The number of hydrogen-bond donors (Lipinski definition) is 1. The molecule has 0 atom stereocenters. The average molecular weight is 373 g/mol. The van der Waals surface area contributed by atoms with Crippen LogP contribution in [-0.4, -0.2) is 62.6 Å². The number of thiophene rings is 1. The SMILES string of the molecule is Nc1c(N2CCOCC2)nc(/C=C/c2cccs2)nc1N1CCOCC1. The van der Waals surface area contributed by atoms with Crippen molar-refractivity contribution in [2.45, 2.75) is 0 Å². The molecular formula is C18H23N5O2S. The first-order valence-corrected chi connectivity index (χ1v) is 9.74. The molecule has 4 rings (SSSR count). The normalized spacial score (nSPS) is 18.6. The standard InChI is InChI=1S/C18H23N5O2S/c19-16-17(22-5-9-24-10-6-22)20-15(4-3-14-2-1-13-26-14)21-18(16)23-7-11-25-12-8-23/h1-4,13H,5-12,19H2/b4-3+. The van der Waals surface area contributed by atoms with E-state index in [1.807, 2.05) is 18.2 Å². The van der Waals surface area contributed by atoms with E-state index in [2.05, 4.69) is 21.2 Å². The predicted molar refractivity (Wildman–Crippen MR) is 106 cm³/mol. The van der Waals surface area contributed by atoms with Crippen LogP contribution < -0.4 is 15.5 Å². The highest BCUT2D eigenvalue weighted by atomic mass is 32.1. The number of rotatable bonds is 4. The van der Waals surface area contributed by atoms with Gasteiger partial charge in [-0.05, 0) is 23.6 Å². The summed E-state index contributed by atoms with van der Waals surface area (Å²) in [6.45, 7) is 5.92. The Morgan fingerprint density at radius 2 is 1.50 bits per heavy atom. The lowest BCUT2D eigenvalue weighted by Crippen LogP contribution is -2.40. The molecule has 0 radical (unpaired) electrons. The molecule has 138 valence electrons. The van der Waals surface area contributed by atoms with Gasteiger partial charge in [0.25, 0.3) is 0 Å². The van der Waals surface area contributed by atoms with Gasteiger partial charge in [-0.3, -0.25) is 0 Å². The highest BCUT2D eigenvalue weighted by Crippen LogP contribution is 2.31. The molecule has 2 aliphatic heterocycles. The molecule has 0 bridgehead atoms. The van der Waals surface area contributed by atoms with E-state index in [0.717, 1.165) is 37.8 Å². The first kappa shape index (κ1) is 17.3. The number of nitrogens with two attached hydrogens (primary N) is 1. The molecule has 8 heteroatoms. The molecule has 0 saturated carbocycles. The molecule has 0 amide bonds. The van der Waals surface area contributed by atoms with Gasteiger partial charge in [-0.15, -0.1) is 11.3 Å². The number of nitrogens with zero attached hydrogens (tertiary/aromatic N) is 4. The van der Waals surface area contributed by atoms with Crippen LogP contribution in [0.5, 0.6) is 0 Å². The molecule has 0 spiro atoms. The van der Waals surface area contributed by atoms with Crippen LogP contribution in [0.3, 0.4) is 0 Å². The second kappa shape index (κ2) is 8.03. The van der Waals surface area contributed by atoms with Gasteiger partial charge in [0, 0.05) is 31.1 Å². The van der Waals surface area contributed by atoms with Gasteiger partial charge in [-0.1, -0.05) is 6.07 Å². The number of hydrogen-bond acceptors (Lipinski definition) is 8. The molecule has 0 aliphatic carbocycles. The zero-order valence-corrected chi connectivity index (χ0v) is 15.5. The maximum atomic E-state index is 6.49. The average Bonchev–Trinajstić information content (AvgIpc) is 3.22. The van der Waals surface area contributed by atoms with E-state index in [-0.39, 0.29) is 0 Å². The fourth-order valence-corrected chi connectivity index (χ4v) is 3.73. The smallest absolute Gasteiger partial charge is 0.158 e. The number of morpholine rings is 2. The van der Waals surface area contributed by atoms with Crippen LogP contribution in [0.4, 0.5) is 17.3 Å². The molecule has 2 N–H and O–H groups in total. The van der Waals surface area contributed by atoms with E-state index in [1.165, 1.54) is 4.88 Å². The van der Waals surface area contributed by atoms with Crippen LogP contribution in [0.2, 0.25) is 0 Å². The summed E-state index contributed by atoms with van der Waals surface area (Å²) in [6, 6.07) is 4.11. The van der Waals surface area contributed by atoms with Crippen LogP contribution >= 0.6 is 11.3 Å². The van der Waals surface area contributed by atoms with Gasteiger partial charge in [-0.25, -0.2) is 9.97 Å². The van der Waals surface area contributed by atoms with Crippen molar-refractivity contribution in [1.29, 1.82) is 0 Å². The monoisotopic (exact) mass is 373 g/mol. The van der Waals surface area contributed by atoms with Gasteiger partial charge in [0.05, 0.1) is 26.4 Å². The lowest BCUT2D eigenvalue weighted by Gasteiger charge is -2.32. The fourth-order valence-electron chi connectivity index (χ4n) is 3.11. The fraction of sp³-hybridized carbons (Fsp3) is 0.444. The minimum Gasteiger partial charge on any atom is -0.393 e. The number of ether oxygens (including phenoxy) is 2. The van der Waals surface area contributed by atoms with Crippen molar-refractivity contribution in [2.75, 3.05) is 68.1 Å². The quantitative estimate of drug-likeness (QED) is 0.878. The molecule has 2 fully saturated rings. The third kappa shape index (κ3) is 3.82. The van der Waals surface area contributed by atoms with Crippen molar-refractivity contribution in [3.63, 3.8) is 0 Å². The summed E-state index contributed by atoms with van der Waals surface area (Å²) >= 11 is 1.69. The summed E-state index contributed by atoms with van der Waals surface area (Å²) in [5.74, 6) is 2.28.